The van der Waals surface area contributed by atoms with E-state index in [1.54, 1.807) is 17.0 Å². The summed E-state index contributed by atoms with van der Waals surface area (Å²) in [6.07, 6.45) is 1.14. The molecule has 0 spiro atoms. The second-order valence-corrected chi connectivity index (χ2v) is 9.47. The van der Waals surface area contributed by atoms with Gasteiger partial charge in [-0.2, -0.15) is 0 Å². The maximum absolute atomic E-state index is 13.3. The minimum atomic E-state index is -0.969. The summed E-state index contributed by atoms with van der Waals surface area (Å²) in [7, 11) is 0. The van der Waals surface area contributed by atoms with Crippen LogP contribution in [0.1, 0.15) is 34.4 Å². The van der Waals surface area contributed by atoms with Crippen molar-refractivity contribution in [1.29, 1.82) is 0 Å². The van der Waals surface area contributed by atoms with E-state index in [1.165, 1.54) is 11.3 Å². The standard InChI is InChI=1S/C27H24N2O5S/c30-25(29-13-11-17(12-14-29)26(31)32)24(23-10-5-15-35-23)28-27(33)34-16-22-20-8-3-1-6-18(20)19-7-2-4-9-21(19)22/h1-11,15,22,24H,12-14,16H2,(H,28,33)(H,31,32). The summed E-state index contributed by atoms with van der Waals surface area (Å²) in [5.74, 6) is -1.34. The average Bonchev–Trinajstić information content (AvgIpc) is 3.52. The van der Waals surface area contributed by atoms with Crippen molar-refractivity contribution in [3.8, 4) is 11.1 Å². The molecule has 0 saturated heterocycles. The first kappa shape index (κ1) is 22.9. The lowest BCUT2D eigenvalue weighted by atomic mass is 9.98. The molecule has 1 aliphatic heterocycles. The smallest absolute Gasteiger partial charge is 0.408 e. The van der Waals surface area contributed by atoms with Crippen LogP contribution in [0.25, 0.3) is 11.1 Å². The van der Waals surface area contributed by atoms with Gasteiger partial charge in [0.1, 0.15) is 12.6 Å². The highest BCUT2D eigenvalue weighted by Gasteiger charge is 2.32. The molecule has 8 heteroatoms. The zero-order valence-corrected chi connectivity index (χ0v) is 19.7. The Hall–Kier alpha value is -3.91. The van der Waals surface area contributed by atoms with Gasteiger partial charge in [0, 0.05) is 29.5 Å². The van der Waals surface area contributed by atoms with Crippen molar-refractivity contribution in [2.75, 3.05) is 19.7 Å². The van der Waals surface area contributed by atoms with Gasteiger partial charge in [0.25, 0.3) is 5.91 Å². The van der Waals surface area contributed by atoms with Gasteiger partial charge in [0.2, 0.25) is 0 Å². The summed E-state index contributed by atoms with van der Waals surface area (Å²) in [6.45, 7) is 0.625. The summed E-state index contributed by atoms with van der Waals surface area (Å²) in [4.78, 5) is 39.6. The lowest BCUT2D eigenvalue weighted by molar-refractivity contribution is -0.135. The predicted molar refractivity (Wildman–Crippen MR) is 132 cm³/mol. The number of alkyl carbamates (subject to hydrolysis) is 1. The highest BCUT2D eigenvalue weighted by Crippen LogP contribution is 2.44. The molecule has 0 fully saturated rings. The van der Waals surface area contributed by atoms with Crippen molar-refractivity contribution in [2.24, 2.45) is 0 Å². The quantitative estimate of drug-likeness (QED) is 0.530. The van der Waals surface area contributed by atoms with Crippen molar-refractivity contribution >= 4 is 29.3 Å². The number of carboxylic acids is 1. The van der Waals surface area contributed by atoms with E-state index in [9.17, 15) is 14.4 Å². The fraction of sp³-hybridized carbons (Fsp3) is 0.222. The van der Waals surface area contributed by atoms with E-state index in [2.05, 4.69) is 29.6 Å². The number of fused-ring (bicyclic) bond motifs is 3. The molecule has 1 aromatic heterocycles. The number of rotatable bonds is 6. The first-order valence-corrected chi connectivity index (χ1v) is 12.3. The van der Waals surface area contributed by atoms with E-state index in [-0.39, 0.29) is 37.9 Å². The first-order chi connectivity index (χ1) is 17.0. The number of carboxylic acid groups (broad SMARTS) is 1. The highest BCUT2D eigenvalue weighted by molar-refractivity contribution is 7.10. The van der Waals surface area contributed by atoms with Crippen LogP contribution in [0.4, 0.5) is 4.79 Å². The molecule has 0 radical (unpaired) electrons. The normalized spacial score (nSPS) is 15.5. The Morgan fingerprint density at radius 3 is 2.29 bits per heavy atom. The molecule has 178 valence electrons. The fourth-order valence-electron chi connectivity index (χ4n) is 4.71. The average molecular weight is 489 g/mol. The summed E-state index contributed by atoms with van der Waals surface area (Å²) in [6, 6.07) is 18.9. The van der Waals surface area contributed by atoms with Gasteiger partial charge in [0.05, 0.1) is 0 Å². The third kappa shape index (κ3) is 4.57. The summed E-state index contributed by atoms with van der Waals surface area (Å²) in [5, 5.41) is 13.8. The molecule has 5 rings (SSSR count). The van der Waals surface area contributed by atoms with Crippen LogP contribution >= 0.6 is 11.3 Å². The number of nitrogens with one attached hydrogen (secondary N) is 1. The fourth-order valence-corrected chi connectivity index (χ4v) is 5.48. The number of hydrogen-bond acceptors (Lipinski definition) is 5. The van der Waals surface area contributed by atoms with Crippen LogP contribution in [0.2, 0.25) is 0 Å². The number of carbonyl (C=O) groups excluding carboxylic acids is 2. The maximum atomic E-state index is 13.3. The predicted octanol–water partition coefficient (Wildman–Crippen LogP) is 4.57. The molecule has 2 amide bonds. The molecular formula is C27H24N2O5S. The Bertz CT molecular complexity index is 1250. The minimum absolute atomic E-state index is 0.0780. The molecule has 2 N–H and O–H groups in total. The highest BCUT2D eigenvalue weighted by atomic mass is 32.1. The van der Waals surface area contributed by atoms with Crippen LogP contribution in [0.15, 0.2) is 77.7 Å². The third-order valence-electron chi connectivity index (χ3n) is 6.48. The molecule has 0 saturated carbocycles. The second-order valence-electron chi connectivity index (χ2n) is 8.49. The summed E-state index contributed by atoms with van der Waals surface area (Å²) < 4.78 is 5.65. The maximum Gasteiger partial charge on any atom is 0.408 e. The molecule has 3 aromatic rings. The molecule has 1 atom stereocenters. The topological polar surface area (TPSA) is 95.9 Å². The van der Waals surface area contributed by atoms with Crippen LogP contribution in [0.5, 0.6) is 0 Å². The van der Waals surface area contributed by atoms with Gasteiger partial charge in [-0.05, 0) is 40.1 Å². The second kappa shape index (κ2) is 9.76. The van der Waals surface area contributed by atoms with E-state index >= 15 is 0 Å². The van der Waals surface area contributed by atoms with E-state index in [0.717, 1.165) is 22.3 Å². The van der Waals surface area contributed by atoms with Crippen LogP contribution < -0.4 is 5.32 Å². The van der Waals surface area contributed by atoms with Gasteiger partial charge in [0.15, 0.2) is 0 Å². The third-order valence-corrected chi connectivity index (χ3v) is 7.41. The van der Waals surface area contributed by atoms with Gasteiger partial charge in [-0.15, -0.1) is 11.3 Å². The molecule has 2 aliphatic rings. The van der Waals surface area contributed by atoms with Gasteiger partial charge < -0.3 is 20.1 Å². The summed E-state index contributed by atoms with van der Waals surface area (Å²) >= 11 is 1.37. The molecular weight excluding hydrogens is 464 g/mol. The van der Waals surface area contributed by atoms with Gasteiger partial charge in [-0.1, -0.05) is 60.7 Å². The van der Waals surface area contributed by atoms with Crippen molar-refractivity contribution < 1.29 is 24.2 Å². The number of aliphatic carboxylic acids is 1. The van der Waals surface area contributed by atoms with Crippen LogP contribution in [0.3, 0.4) is 0 Å². The molecule has 2 heterocycles. The number of thiophene rings is 1. The van der Waals surface area contributed by atoms with Gasteiger partial charge in [-0.3, -0.25) is 4.79 Å². The zero-order valence-electron chi connectivity index (χ0n) is 18.8. The molecule has 0 bridgehead atoms. The zero-order chi connectivity index (χ0) is 24.4. The summed E-state index contributed by atoms with van der Waals surface area (Å²) in [5.41, 5.74) is 4.81. The number of carbonyl (C=O) groups is 3. The lowest BCUT2D eigenvalue weighted by Crippen LogP contribution is -2.44. The number of amides is 2. The van der Waals surface area contributed by atoms with Crippen molar-refractivity contribution in [3.05, 3.63) is 93.7 Å². The number of ether oxygens (including phenoxy) is 1. The van der Waals surface area contributed by atoms with Crippen molar-refractivity contribution in [2.45, 2.75) is 18.4 Å². The first-order valence-electron chi connectivity index (χ1n) is 11.4. The molecule has 1 unspecified atom stereocenters. The minimum Gasteiger partial charge on any atom is -0.478 e. The van der Waals surface area contributed by atoms with E-state index in [4.69, 9.17) is 9.84 Å². The SMILES string of the molecule is O=C(NC(C(=O)N1CC=C(C(=O)O)CC1)c1cccs1)OCC1c2ccccc2-c2ccccc21. The Labute approximate surface area is 206 Å². The number of nitrogens with zero attached hydrogens (tertiary/aromatic N) is 1. The molecule has 1 aliphatic carbocycles. The number of hydrogen-bond donors (Lipinski definition) is 2. The molecule has 7 nitrogen and oxygen atoms in total. The van der Waals surface area contributed by atoms with Crippen molar-refractivity contribution in [3.63, 3.8) is 0 Å². The monoisotopic (exact) mass is 488 g/mol. The van der Waals surface area contributed by atoms with Gasteiger partial charge >= 0.3 is 12.1 Å². The number of benzene rings is 2. The molecule has 2 aromatic carbocycles. The van der Waals surface area contributed by atoms with E-state index in [0.29, 0.717) is 10.5 Å². The Kier molecular flexibility index (Phi) is 6.37. The largest absolute Gasteiger partial charge is 0.478 e. The lowest BCUT2D eigenvalue weighted by Gasteiger charge is -2.29. The Morgan fingerprint density at radius 2 is 1.71 bits per heavy atom. The Morgan fingerprint density at radius 1 is 1.03 bits per heavy atom. The van der Waals surface area contributed by atoms with Gasteiger partial charge in [-0.25, -0.2) is 9.59 Å². The van der Waals surface area contributed by atoms with E-state index in [1.807, 2.05) is 35.7 Å². The molecule has 35 heavy (non-hydrogen) atoms. The van der Waals surface area contributed by atoms with E-state index < -0.39 is 18.1 Å². The van der Waals surface area contributed by atoms with Crippen LogP contribution in [-0.4, -0.2) is 47.7 Å². The Balaban J connectivity index is 1.29. The van der Waals surface area contributed by atoms with Crippen LogP contribution in [0, 0.1) is 0 Å². The van der Waals surface area contributed by atoms with Crippen molar-refractivity contribution in [1.82, 2.24) is 10.2 Å². The van der Waals surface area contributed by atoms with Crippen LogP contribution in [-0.2, 0) is 14.3 Å².